The molecule has 212 valence electrons. The van der Waals surface area contributed by atoms with Gasteiger partial charge in [-0.25, -0.2) is 22.4 Å². The summed E-state index contributed by atoms with van der Waals surface area (Å²) in [5.74, 6) is -2.93. The van der Waals surface area contributed by atoms with E-state index in [2.05, 4.69) is 10.1 Å². The fourth-order valence-electron chi connectivity index (χ4n) is 3.56. The van der Waals surface area contributed by atoms with Crippen LogP contribution in [0.25, 0.3) is 0 Å². The molecule has 0 aliphatic carbocycles. The first kappa shape index (κ1) is 30.2. The maximum Gasteiger partial charge on any atom is 0.339 e. The van der Waals surface area contributed by atoms with Crippen LogP contribution >= 0.6 is 11.6 Å². The fraction of sp³-hybridized carbons (Fsp3) is 0.192. The Morgan fingerprint density at radius 2 is 1.55 bits per heavy atom. The number of carbonyl (C=O) groups is 3. The summed E-state index contributed by atoms with van der Waals surface area (Å²) in [4.78, 5) is 37.2. The van der Waals surface area contributed by atoms with E-state index in [4.69, 9.17) is 25.8 Å². The van der Waals surface area contributed by atoms with E-state index in [-0.39, 0.29) is 43.9 Å². The zero-order valence-electron chi connectivity index (χ0n) is 21.7. The number of esters is 2. The van der Waals surface area contributed by atoms with Gasteiger partial charge in [0.25, 0.3) is 10.0 Å². The van der Waals surface area contributed by atoms with Crippen LogP contribution in [0, 0.1) is 5.82 Å². The quantitative estimate of drug-likeness (QED) is 0.346. The number of hydrogen-bond donors (Lipinski definition) is 1. The van der Waals surface area contributed by atoms with Gasteiger partial charge in [-0.2, -0.15) is 0 Å². The number of halogens is 2. The Hall–Kier alpha value is -4.36. The normalized spacial score (nSPS) is 10.8. The summed E-state index contributed by atoms with van der Waals surface area (Å²) in [6.45, 7) is -0.846. The van der Waals surface area contributed by atoms with Crippen LogP contribution in [0.15, 0.2) is 59.5 Å². The number of benzene rings is 3. The molecule has 0 spiro atoms. The molecule has 40 heavy (non-hydrogen) atoms. The summed E-state index contributed by atoms with van der Waals surface area (Å²) in [5, 5.41) is 2.05. The number of anilines is 2. The van der Waals surface area contributed by atoms with Crippen LogP contribution in [0.4, 0.5) is 15.8 Å². The van der Waals surface area contributed by atoms with E-state index in [1.807, 2.05) is 0 Å². The van der Waals surface area contributed by atoms with Crippen LogP contribution < -0.4 is 19.1 Å². The number of methoxy groups -OCH3 is 4. The van der Waals surface area contributed by atoms with E-state index in [0.717, 1.165) is 32.4 Å². The summed E-state index contributed by atoms with van der Waals surface area (Å²) in [7, 11) is 0.476. The molecule has 0 atom stereocenters. The lowest BCUT2D eigenvalue weighted by Gasteiger charge is -2.25. The summed E-state index contributed by atoms with van der Waals surface area (Å²) in [6, 6.07) is 10.6. The van der Waals surface area contributed by atoms with Crippen molar-refractivity contribution in [3.63, 3.8) is 0 Å². The van der Waals surface area contributed by atoms with E-state index >= 15 is 0 Å². The molecule has 0 saturated carbocycles. The van der Waals surface area contributed by atoms with Crippen molar-refractivity contribution in [3.8, 4) is 11.5 Å². The second-order valence-electron chi connectivity index (χ2n) is 7.92. The smallest absolute Gasteiger partial charge is 0.339 e. The van der Waals surface area contributed by atoms with Crippen molar-refractivity contribution in [2.24, 2.45) is 0 Å². The molecule has 0 radical (unpaired) electrons. The Labute approximate surface area is 234 Å². The first-order chi connectivity index (χ1) is 19.0. The topological polar surface area (TPSA) is 138 Å². The monoisotopic (exact) mass is 594 g/mol. The number of hydrogen-bond acceptors (Lipinski definition) is 9. The van der Waals surface area contributed by atoms with Crippen molar-refractivity contribution in [2.45, 2.75) is 4.90 Å². The predicted octanol–water partition coefficient (Wildman–Crippen LogP) is 3.90. The average molecular weight is 595 g/mol. The molecule has 1 amide bonds. The number of rotatable bonds is 10. The van der Waals surface area contributed by atoms with E-state index < -0.39 is 40.2 Å². The number of carbonyl (C=O) groups excluding carboxylic acids is 3. The molecular formula is C26H24ClFN2O9S. The van der Waals surface area contributed by atoms with Gasteiger partial charge >= 0.3 is 11.9 Å². The Balaban J connectivity index is 2.07. The largest absolute Gasteiger partial charge is 0.493 e. The maximum absolute atomic E-state index is 13.9. The zero-order chi connectivity index (χ0) is 29.6. The highest BCUT2D eigenvalue weighted by Crippen LogP contribution is 2.33. The Bertz CT molecular complexity index is 1560. The number of sulfonamides is 1. The maximum atomic E-state index is 13.9. The molecule has 0 bridgehead atoms. The lowest BCUT2D eigenvalue weighted by atomic mass is 10.1. The number of ether oxygens (including phenoxy) is 4. The first-order valence-electron chi connectivity index (χ1n) is 11.3. The van der Waals surface area contributed by atoms with Gasteiger partial charge in [0.05, 0.1) is 60.9 Å². The van der Waals surface area contributed by atoms with E-state index in [1.54, 1.807) is 0 Å². The number of amides is 1. The van der Waals surface area contributed by atoms with Gasteiger partial charge < -0.3 is 24.3 Å². The molecule has 14 heteroatoms. The van der Waals surface area contributed by atoms with Crippen molar-refractivity contribution in [3.05, 3.63) is 76.6 Å². The van der Waals surface area contributed by atoms with Crippen LogP contribution in [0.1, 0.15) is 20.7 Å². The second kappa shape index (κ2) is 12.7. The van der Waals surface area contributed by atoms with Crippen LogP contribution in [-0.2, 0) is 24.3 Å². The Morgan fingerprint density at radius 1 is 0.875 bits per heavy atom. The molecule has 3 rings (SSSR count). The highest BCUT2D eigenvalue weighted by atomic mass is 35.5. The van der Waals surface area contributed by atoms with Crippen molar-refractivity contribution >= 4 is 50.8 Å². The minimum Gasteiger partial charge on any atom is -0.493 e. The van der Waals surface area contributed by atoms with Gasteiger partial charge in [-0.05, 0) is 48.5 Å². The highest BCUT2D eigenvalue weighted by Gasteiger charge is 2.29. The third kappa shape index (κ3) is 6.43. The molecule has 0 aliphatic rings. The third-order valence-electron chi connectivity index (χ3n) is 5.54. The Morgan fingerprint density at radius 3 is 2.15 bits per heavy atom. The van der Waals surface area contributed by atoms with Crippen LogP contribution in [0.5, 0.6) is 11.5 Å². The van der Waals surface area contributed by atoms with Gasteiger partial charge in [0, 0.05) is 6.07 Å². The van der Waals surface area contributed by atoms with Gasteiger partial charge in [-0.15, -0.1) is 0 Å². The average Bonchev–Trinajstić information content (AvgIpc) is 2.95. The van der Waals surface area contributed by atoms with Gasteiger partial charge in [-0.3, -0.25) is 9.10 Å². The number of nitrogens with zero attached hydrogens (tertiary/aromatic N) is 1. The lowest BCUT2D eigenvalue weighted by Crippen LogP contribution is -2.38. The van der Waals surface area contributed by atoms with E-state index in [9.17, 15) is 27.2 Å². The minimum atomic E-state index is -4.50. The summed E-state index contributed by atoms with van der Waals surface area (Å²) >= 11 is 5.91. The predicted molar refractivity (Wildman–Crippen MR) is 143 cm³/mol. The minimum absolute atomic E-state index is 0.00516. The standard InChI is InChI=1S/C26H24ClFN2O9S/c1-36-22-10-7-17(13-23(22)37-2)40(34,35)30(16-6-9-20(28)19(27)12-16)14-24(31)29-21-11-15(25(32)38-3)5-8-18(21)26(33)39-4/h5-13H,14H2,1-4H3,(H,29,31). The molecule has 11 nitrogen and oxygen atoms in total. The molecule has 0 fully saturated rings. The van der Waals surface area contributed by atoms with Crippen molar-refractivity contribution in [1.29, 1.82) is 0 Å². The highest BCUT2D eigenvalue weighted by molar-refractivity contribution is 7.92. The molecule has 0 heterocycles. The van der Waals surface area contributed by atoms with Crippen molar-refractivity contribution in [1.82, 2.24) is 0 Å². The van der Waals surface area contributed by atoms with Gasteiger partial charge in [-0.1, -0.05) is 11.6 Å². The molecule has 0 unspecified atom stereocenters. The molecule has 0 aromatic heterocycles. The molecular weight excluding hydrogens is 571 g/mol. The first-order valence-corrected chi connectivity index (χ1v) is 13.1. The summed E-state index contributed by atoms with van der Waals surface area (Å²) in [5.41, 5.74) is -0.374. The Kier molecular flexibility index (Phi) is 9.56. The molecule has 3 aromatic rings. The molecule has 0 aliphatic heterocycles. The molecule has 1 N–H and O–H groups in total. The number of nitrogens with one attached hydrogen (secondary N) is 1. The van der Waals surface area contributed by atoms with Crippen molar-refractivity contribution < 1.29 is 46.1 Å². The van der Waals surface area contributed by atoms with Crippen LogP contribution in [-0.4, -0.2) is 61.2 Å². The lowest BCUT2D eigenvalue weighted by molar-refractivity contribution is -0.114. The molecule has 3 aromatic carbocycles. The summed E-state index contributed by atoms with van der Waals surface area (Å²) in [6.07, 6.45) is 0. The van der Waals surface area contributed by atoms with E-state index in [0.29, 0.717) is 4.31 Å². The summed E-state index contributed by atoms with van der Waals surface area (Å²) < 4.78 is 61.9. The third-order valence-corrected chi connectivity index (χ3v) is 7.60. The van der Waals surface area contributed by atoms with Crippen LogP contribution in [0.3, 0.4) is 0 Å². The van der Waals surface area contributed by atoms with Gasteiger partial charge in [0.15, 0.2) is 11.5 Å². The van der Waals surface area contributed by atoms with Gasteiger partial charge in [0.1, 0.15) is 12.4 Å². The second-order valence-corrected chi connectivity index (χ2v) is 10.2. The zero-order valence-corrected chi connectivity index (χ0v) is 23.3. The fourth-order valence-corrected chi connectivity index (χ4v) is 5.16. The van der Waals surface area contributed by atoms with Gasteiger partial charge in [0.2, 0.25) is 5.91 Å². The van der Waals surface area contributed by atoms with Crippen molar-refractivity contribution in [2.75, 3.05) is 44.6 Å². The van der Waals surface area contributed by atoms with Crippen LogP contribution in [0.2, 0.25) is 5.02 Å². The SMILES string of the molecule is COC(=O)c1ccc(C(=O)OC)c(NC(=O)CN(c2ccc(F)c(Cl)c2)S(=O)(=O)c2ccc(OC)c(OC)c2)c1. The molecule has 0 saturated heterocycles. The van der Waals surface area contributed by atoms with E-state index in [1.165, 1.54) is 50.6 Å².